The van der Waals surface area contributed by atoms with E-state index in [-0.39, 0.29) is 0 Å². The van der Waals surface area contributed by atoms with Crippen molar-refractivity contribution in [1.82, 2.24) is 9.97 Å². The van der Waals surface area contributed by atoms with Crippen molar-refractivity contribution in [2.75, 3.05) is 0 Å². The predicted octanol–water partition coefficient (Wildman–Crippen LogP) is 5.85. The normalized spacial score (nSPS) is 11.3. The Morgan fingerprint density at radius 3 is 2.16 bits per heavy atom. The van der Waals surface area contributed by atoms with Crippen molar-refractivity contribution in [2.45, 2.75) is 41.5 Å². The standard InChI is InChI=1S/C11H10N2.C9H15N.C2H6/c1-9-5-6-11(13-8-9)10-4-2-3-7-12-10;1-4-6-8(3)7-9(10)5-2;1-2/h2-8H,1H3;4-7H,10H2,1-3H3;1-2H3/b;6-4-,8-7-,9-5-;. The summed E-state index contributed by atoms with van der Waals surface area (Å²) in [5.74, 6) is 0. The molecule has 0 amide bonds. The van der Waals surface area contributed by atoms with E-state index in [4.69, 9.17) is 5.73 Å². The molecular formula is C22H31N3. The topological polar surface area (TPSA) is 51.8 Å². The summed E-state index contributed by atoms with van der Waals surface area (Å²) in [5, 5.41) is 0. The van der Waals surface area contributed by atoms with Crippen LogP contribution in [-0.2, 0) is 0 Å². The van der Waals surface area contributed by atoms with E-state index in [1.165, 1.54) is 11.1 Å². The maximum Gasteiger partial charge on any atom is 0.0886 e. The summed E-state index contributed by atoms with van der Waals surface area (Å²) in [6, 6.07) is 9.84. The molecule has 2 aromatic rings. The third kappa shape index (κ3) is 9.92. The number of allylic oxidation sites excluding steroid dienone is 5. The molecule has 0 bridgehead atoms. The molecule has 0 aliphatic rings. The third-order valence-electron chi connectivity index (χ3n) is 3.00. The minimum Gasteiger partial charge on any atom is -0.399 e. The van der Waals surface area contributed by atoms with E-state index >= 15 is 0 Å². The number of rotatable bonds is 3. The zero-order valence-corrected chi connectivity index (χ0v) is 16.3. The van der Waals surface area contributed by atoms with Gasteiger partial charge in [0.15, 0.2) is 0 Å². The smallest absolute Gasteiger partial charge is 0.0886 e. The highest BCUT2D eigenvalue weighted by Gasteiger charge is 1.97. The second kappa shape index (κ2) is 13.7. The van der Waals surface area contributed by atoms with Crippen molar-refractivity contribution in [2.24, 2.45) is 5.73 Å². The molecule has 3 heteroatoms. The first-order chi connectivity index (χ1) is 12.1. The lowest BCUT2D eigenvalue weighted by Crippen LogP contribution is -1.91. The molecule has 0 aliphatic carbocycles. The Bertz CT molecular complexity index is 666. The number of hydrogen-bond donors (Lipinski definition) is 1. The Labute approximate surface area is 153 Å². The number of pyridine rings is 2. The molecule has 0 unspecified atom stereocenters. The molecule has 2 aromatic heterocycles. The van der Waals surface area contributed by atoms with Crippen LogP contribution in [0.5, 0.6) is 0 Å². The zero-order valence-electron chi connectivity index (χ0n) is 16.3. The second-order valence-corrected chi connectivity index (χ2v) is 5.11. The largest absolute Gasteiger partial charge is 0.399 e. The molecule has 0 atom stereocenters. The highest BCUT2D eigenvalue weighted by atomic mass is 14.8. The van der Waals surface area contributed by atoms with Crippen LogP contribution >= 0.6 is 0 Å². The van der Waals surface area contributed by atoms with E-state index < -0.39 is 0 Å². The molecular weight excluding hydrogens is 306 g/mol. The number of nitrogens with zero attached hydrogens (tertiary/aromatic N) is 2. The Hall–Kier alpha value is -2.68. The molecule has 2 heterocycles. The van der Waals surface area contributed by atoms with Gasteiger partial charge in [0, 0.05) is 18.1 Å². The first kappa shape index (κ1) is 22.3. The number of aryl methyl sites for hydroxylation is 1. The van der Waals surface area contributed by atoms with E-state index in [9.17, 15) is 0 Å². The molecule has 0 saturated carbocycles. The molecule has 25 heavy (non-hydrogen) atoms. The Balaban J connectivity index is 0.000000434. The summed E-state index contributed by atoms with van der Waals surface area (Å²) < 4.78 is 0. The SMILES string of the molecule is CC.C\C=C/C(C)=C\C(N)=C\C.Cc1ccc(-c2ccccn2)nc1. The summed E-state index contributed by atoms with van der Waals surface area (Å²) in [4.78, 5) is 8.50. The third-order valence-corrected chi connectivity index (χ3v) is 3.00. The van der Waals surface area contributed by atoms with Crippen LogP contribution < -0.4 is 5.73 Å². The van der Waals surface area contributed by atoms with Crippen LogP contribution in [0.3, 0.4) is 0 Å². The molecule has 0 spiro atoms. The van der Waals surface area contributed by atoms with Gasteiger partial charge in [0.05, 0.1) is 11.4 Å². The number of aromatic nitrogens is 2. The predicted molar refractivity (Wildman–Crippen MR) is 110 cm³/mol. The molecule has 0 saturated heterocycles. The summed E-state index contributed by atoms with van der Waals surface area (Å²) in [7, 11) is 0. The van der Waals surface area contributed by atoms with Gasteiger partial charge in [-0.05, 0) is 63.1 Å². The molecule has 2 rings (SSSR count). The minimum atomic E-state index is 0.815. The maximum atomic E-state index is 5.55. The highest BCUT2D eigenvalue weighted by molar-refractivity contribution is 5.53. The monoisotopic (exact) mass is 337 g/mol. The zero-order chi connectivity index (χ0) is 19.1. The first-order valence-corrected chi connectivity index (χ1v) is 8.63. The average molecular weight is 338 g/mol. The van der Waals surface area contributed by atoms with Crippen LogP contribution in [0.2, 0.25) is 0 Å². The minimum absolute atomic E-state index is 0.815. The van der Waals surface area contributed by atoms with E-state index in [0.29, 0.717) is 0 Å². The molecule has 0 aliphatic heterocycles. The first-order valence-electron chi connectivity index (χ1n) is 8.63. The Kier molecular flexibility index (Phi) is 12.3. The van der Waals surface area contributed by atoms with E-state index in [1.54, 1.807) is 6.20 Å². The van der Waals surface area contributed by atoms with Gasteiger partial charge in [-0.1, -0.05) is 44.2 Å². The summed E-state index contributed by atoms with van der Waals surface area (Å²) in [6.07, 6.45) is 11.5. The fraction of sp³-hybridized carbons (Fsp3) is 0.273. The second-order valence-electron chi connectivity index (χ2n) is 5.11. The lowest BCUT2D eigenvalue weighted by Gasteiger charge is -1.98. The molecule has 134 valence electrons. The highest BCUT2D eigenvalue weighted by Crippen LogP contribution is 2.12. The number of nitrogens with two attached hydrogens (primary N) is 1. The van der Waals surface area contributed by atoms with Crippen LogP contribution in [0, 0.1) is 6.92 Å². The number of hydrogen-bond acceptors (Lipinski definition) is 3. The van der Waals surface area contributed by atoms with Crippen LogP contribution in [0.25, 0.3) is 11.4 Å². The van der Waals surface area contributed by atoms with Crippen molar-refractivity contribution in [3.05, 3.63) is 83.9 Å². The molecule has 2 N–H and O–H groups in total. The van der Waals surface area contributed by atoms with E-state index in [2.05, 4.69) is 9.97 Å². The Morgan fingerprint density at radius 1 is 1.00 bits per heavy atom. The maximum absolute atomic E-state index is 5.55. The summed E-state index contributed by atoms with van der Waals surface area (Å²) >= 11 is 0. The van der Waals surface area contributed by atoms with Gasteiger partial charge in [-0.15, -0.1) is 0 Å². The van der Waals surface area contributed by atoms with Crippen LogP contribution in [0.15, 0.2) is 78.3 Å². The van der Waals surface area contributed by atoms with Gasteiger partial charge in [-0.2, -0.15) is 0 Å². The quantitative estimate of drug-likeness (QED) is 0.715. The van der Waals surface area contributed by atoms with E-state index in [0.717, 1.165) is 17.1 Å². The fourth-order valence-electron chi connectivity index (χ4n) is 1.79. The summed E-state index contributed by atoms with van der Waals surface area (Å²) in [5.41, 5.74) is 10.6. The summed E-state index contributed by atoms with van der Waals surface area (Å²) in [6.45, 7) is 12.0. The van der Waals surface area contributed by atoms with Gasteiger partial charge in [-0.25, -0.2) is 0 Å². The molecule has 0 fully saturated rings. The van der Waals surface area contributed by atoms with Gasteiger partial charge < -0.3 is 5.73 Å². The van der Waals surface area contributed by atoms with Crippen LogP contribution in [-0.4, -0.2) is 9.97 Å². The van der Waals surface area contributed by atoms with Crippen LogP contribution in [0.4, 0.5) is 0 Å². The van der Waals surface area contributed by atoms with E-state index in [1.807, 2.05) is 102 Å². The van der Waals surface area contributed by atoms with Crippen molar-refractivity contribution in [1.29, 1.82) is 0 Å². The lowest BCUT2D eigenvalue weighted by molar-refractivity contribution is 1.22. The van der Waals surface area contributed by atoms with Gasteiger partial charge in [0.2, 0.25) is 0 Å². The molecule has 0 aromatic carbocycles. The average Bonchev–Trinajstić information content (AvgIpc) is 2.65. The van der Waals surface area contributed by atoms with Crippen molar-refractivity contribution in [3.63, 3.8) is 0 Å². The fourth-order valence-corrected chi connectivity index (χ4v) is 1.79. The molecule has 3 nitrogen and oxygen atoms in total. The van der Waals surface area contributed by atoms with Gasteiger partial charge in [0.1, 0.15) is 0 Å². The van der Waals surface area contributed by atoms with Crippen LogP contribution in [0.1, 0.15) is 40.2 Å². The van der Waals surface area contributed by atoms with Gasteiger partial charge in [-0.3, -0.25) is 9.97 Å². The van der Waals surface area contributed by atoms with Gasteiger partial charge in [0.25, 0.3) is 0 Å². The lowest BCUT2D eigenvalue weighted by atomic mass is 10.2. The molecule has 0 radical (unpaired) electrons. The van der Waals surface area contributed by atoms with Crippen molar-refractivity contribution >= 4 is 0 Å². The Morgan fingerprint density at radius 2 is 1.68 bits per heavy atom. The van der Waals surface area contributed by atoms with Gasteiger partial charge >= 0.3 is 0 Å². The van der Waals surface area contributed by atoms with Crippen molar-refractivity contribution in [3.8, 4) is 11.4 Å². The van der Waals surface area contributed by atoms with Crippen molar-refractivity contribution < 1.29 is 0 Å².